The van der Waals surface area contributed by atoms with Gasteiger partial charge < -0.3 is 16.4 Å². The highest BCUT2D eigenvalue weighted by Gasteiger charge is 2.18. The number of benzene rings is 2. The number of rotatable bonds is 5. The molecule has 0 aliphatic heterocycles. The van der Waals surface area contributed by atoms with Crippen LogP contribution < -0.4 is 16.4 Å². The highest BCUT2D eigenvalue weighted by atomic mass is 79.9. The number of amides is 3. The van der Waals surface area contributed by atoms with Crippen LogP contribution in [0.5, 0.6) is 0 Å². The second-order valence-corrected chi connectivity index (χ2v) is 6.53. The number of hydrogen-bond acceptors (Lipinski definition) is 2. The fraction of sp³-hybridized carbons (Fsp3) is 0.222. The maximum absolute atomic E-state index is 12.4. The van der Waals surface area contributed by atoms with Crippen molar-refractivity contribution in [3.05, 3.63) is 63.6 Å². The molecule has 0 saturated carbocycles. The van der Waals surface area contributed by atoms with Crippen molar-refractivity contribution in [3.8, 4) is 0 Å². The minimum Gasteiger partial charge on any atom is -0.352 e. The molecule has 0 spiro atoms. The molecule has 1 atom stereocenters. The zero-order chi connectivity index (χ0) is 17.7. The zero-order valence-corrected chi connectivity index (χ0v) is 15.2. The molecular weight excluding hydrogens is 370 g/mol. The van der Waals surface area contributed by atoms with Crippen molar-refractivity contribution in [1.82, 2.24) is 5.32 Å². The van der Waals surface area contributed by atoms with Crippen LogP contribution in [0.4, 0.5) is 10.5 Å². The van der Waals surface area contributed by atoms with Gasteiger partial charge in [-0.3, -0.25) is 4.79 Å². The van der Waals surface area contributed by atoms with Gasteiger partial charge >= 0.3 is 6.03 Å². The third-order valence-electron chi connectivity index (χ3n) is 3.86. The van der Waals surface area contributed by atoms with E-state index in [1.165, 1.54) is 0 Å². The Morgan fingerprint density at radius 2 is 1.79 bits per heavy atom. The van der Waals surface area contributed by atoms with E-state index in [2.05, 4.69) is 26.6 Å². The van der Waals surface area contributed by atoms with Crippen LogP contribution in [0.25, 0.3) is 0 Å². The Bertz CT molecular complexity index is 744. The van der Waals surface area contributed by atoms with E-state index in [1.54, 1.807) is 0 Å². The molecule has 0 heterocycles. The molecule has 126 valence electrons. The number of anilines is 1. The van der Waals surface area contributed by atoms with Gasteiger partial charge in [0.15, 0.2) is 0 Å². The molecule has 5 nitrogen and oxygen atoms in total. The van der Waals surface area contributed by atoms with E-state index in [0.717, 1.165) is 26.9 Å². The van der Waals surface area contributed by atoms with Crippen molar-refractivity contribution in [3.63, 3.8) is 0 Å². The Hall–Kier alpha value is -2.34. The van der Waals surface area contributed by atoms with E-state index in [9.17, 15) is 9.59 Å². The first-order valence-corrected chi connectivity index (χ1v) is 8.33. The second-order valence-electron chi connectivity index (χ2n) is 5.61. The predicted molar refractivity (Wildman–Crippen MR) is 98.8 cm³/mol. The van der Waals surface area contributed by atoms with Gasteiger partial charge in [0, 0.05) is 10.2 Å². The van der Waals surface area contributed by atoms with Crippen molar-refractivity contribution in [2.24, 2.45) is 5.73 Å². The molecule has 0 aliphatic carbocycles. The zero-order valence-electron chi connectivity index (χ0n) is 13.6. The fourth-order valence-corrected chi connectivity index (χ4v) is 2.66. The molecule has 0 bridgehead atoms. The Morgan fingerprint density at radius 3 is 2.42 bits per heavy atom. The van der Waals surface area contributed by atoms with Gasteiger partial charge in [0.2, 0.25) is 5.91 Å². The predicted octanol–water partition coefficient (Wildman–Crippen LogP) is 3.80. The number of aryl methyl sites for hydroxylation is 1. The number of primary amides is 1. The number of halogens is 1. The van der Waals surface area contributed by atoms with Gasteiger partial charge in [-0.1, -0.05) is 40.2 Å². The number of nitrogens with two attached hydrogens (primary N) is 1. The molecule has 24 heavy (non-hydrogen) atoms. The van der Waals surface area contributed by atoms with Crippen molar-refractivity contribution in [1.29, 1.82) is 0 Å². The van der Waals surface area contributed by atoms with Gasteiger partial charge in [-0.15, -0.1) is 0 Å². The number of urea groups is 1. The van der Waals surface area contributed by atoms with E-state index in [1.807, 2.05) is 56.3 Å². The average molecular weight is 390 g/mol. The minimum absolute atomic E-state index is 0.0952. The third kappa shape index (κ3) is 4.83. The average Bonchev–Trinajstić information content (AvgIpc) is 2.51. The molecule has 6 heteroatoms. The number of hydrogen-bond donors (Lipinski definition) is 3. The van der Waals surface area contributed by atoms with E-state index >= 15 is 0 Å². The lowest BCUT2D eigenvalue weighted by molar-refractivity contribution is -0.116. The summed E-state index contributed by atoms with van der Waals surface area (Å²) in [4.78, 5) is 23.7. The summed E-state index contributed by atoms with van der Waals surface area (Å²) in [6.45, 7) is 3.95. The van der Waals surface area contributed by atoms with E-state index in [-0.39, 0.29) is 12.3 Å². The summed E-state index contributed by atoms with van der Waals surface area (Å²) in [5, 5.41) is 5.52. The molecule has 3 amide bonds. The molecule has 0 radical (unpaired) electrons. The third-order valence-corrected chi connectivity index (χ3v) is 4.39. The highest BCUT2D eigenvalue weighted by molar-refractivity contribution is 9.10. The first-order chi connectivity index (χ1) is 11.4. The molecule has 0 fully saturated rings. The lowest BCUT2D eigenvalue weighted by Crippen LogP contribution is -2.35. The SMILES string of the molecule is Cc1cccc(NC(=O)C[C@@H](NC(N)=O)c2ccc(Br)cc2)c1C. The van der Waals surface area contributed by atoms with Crippen LogP contribution >= 0.6 is 15.9 Å². The van der Waals surface area contributed by atoms with Crippen molar-refractivity contribution in [2.75, 3.05) is 5.32 Å². The second kappa shape index (κ2) is 7.97. The van der Waals surface area contributed by atoms with Crippen LogP contribution in [-0.4, -0.2) is 11.9 Å². The molecule has 4 N–H and O–H groups in total. The summed E-state index contributed by atoms with van der Waals surface area (Å²) in [6.07, 6.45) is 0.0952. The fourth-order valence-electron chi connectivity index (χ4n) is 2.39. The maximum Gasteiger partial charge on any atom is 0.312 e. The first-order valence-electron chi connectivity index (χ1n) is 7.54. The van der Waals surface area contributed by atoms with Crippen LogP contribution in [-0.2, 0) is 4.79 Å². The van der Waals surface area contributed by atoms with Gasteiger partial charge in [0.1, 0.15) is 0 Å². The molecule has 0 unspecified atom stereocenters. The lowest BCUT2D eigenvalue weighted by atomic mass is 10.0. The van der Waals surface area contributed by atoms with E-state index in [4.69, 9.17) is 5.73 Å². The van der Waals surface area contributed by atoms with Crippen molar-refractivity contribution >= 4 is 33.6 Å². The van der Waals surface area contributed by atoms with Crippen LogP contribution in [0.3, 0.4) is 0 Å². The number of carbonyl (C=O) groups excluding carboxylic acids is 2. The topological polar surface area (TPSA) is 84.2 Å². The van der Waals surface area contributed by atoms with Gasteiger partial charge in [-0.05, 0) is 48.7 Å². The smallest absolute Gasteiger partial charge is 0.312 e. The molecule has 0 aromatic heterocycles. The van der Waals surface area contributed by atoms with Gasteiger partial charge in [0.05, 0.1) is 12.5 Å². The van der Waals surface area contributed by atoms with Gasteiger partial charge in [-0.25, -0.2) is 4.79 Å². The molecule has 0 saturated heterocycles. The molecular formula is C18H20BrN3O2. The molecule has 2 rings (SSSR count). The summed E-state index contributed by atoms with van der Waals surface area (Å²) in [5.74, 6) is -0.189. The summed E-state index contributed by atoms with van der Waals surface area (Å²) < 4.78 is 0.920. The van der Waals surface area contributed by atoms with Crippen LogP contribution in [0.2, 0.25) is 0 Å². The Kier molecular flexibility index (Phi) is 5.98. The Morgan fingerprint density at radius 1 is 1.12 bits per heavy atom. The number of carbonyl (C=O) groups is 2. The Balaban J connectivity index is 2.13. The monoisotopic (exact) mass is 389 g/mol. The molecule has 2 aromatic rings. The number of nitrogens with one attached hydrogen (secondary N) is 2. The lowest BCUT2D eigenvalue weighted by Gasteiger charge is -2.18. The minimum atomic E-state index is -0.664. The summed E-state index contributed by atoms with van der Waals surface area (Å²) >= 11 is 3.36. The van der Waals surface area contributed by atoms with Crippen molar-refractivity contribution in [2.45, 2.75) is 26.3 Å². The largest absolute Gasteiger partial charge is 0.352 e. The standard InChI is InChI=1S/C18H20BrN3O2/c1-11-4-3-5-15(12(11)2)21-17(23)10-16(22-18(20)24)13-6-8-14(19)9-7-13/h3-9,16H,10H2,1-2H3,(H,21,23)(H3,20,22,24)/t16-/m1/s1. The summed E-state index contributed by atoms with van der Waals surface area (Å²) in [6, 6.07) is 12.0. The summed E-state index contributed by atoms with van der Waals surface area (Å²) in [5.41, 5.74) is 8.95. The Labute approximate surface area is 149 Å². The first kappa shape index (κ1) is 18.0. The molecule has 2 aromatic carbocycles. The van der Waals surface area contributed by atoms with Crippen LogP contribution in [0.1, 0.15) is 29.2 Å². The van der Waals surface area contributed by atoms with Gasteiger partial charge in [-0.2, -0.15) is 0 Å². The van der Waals surface area contributed by atoms with E-state index in [0.29, 0.717) is 0 Å². The van der Waals surface area contributed by atoms with E-state index < -0.39 is 12.1 Å². The molecule has 0 aliphatic rings. The normalized spacial score (nSPS) is 11.6. The van der Waals surface area contributed by atoms with Crippen molar-refractivity contribution < 1.29 is 9.59 Å². The van der Waals surface area contributed by atoms with Crippen LogP contribution in [0.15, 0.2) is 46.9 Å². The van der Waals surface area contributed by atoms with Gasteiger partial charge in [0.25, 0.3) is 0 Å². The maximum atomic E-state index is 12.4. The van der Waals surface area contributed by atoms with Crippen LogP contribution in [0, 0.1) is 13.8 Å². The summed E-state index contributed by atoms with van der Waals surface area (Å²) in [7, 11) is 0. The quantitative estimate of drug-likeness (QED) is 0.726. The highest BCUT2D eigenvalue weighted by Crippen LogP contribution is 2.22.